The fourth-order valence-corrected chi connectivity index (χ4v) is 4.62. The second kappa shape index (κ2) is 6.91. The van der Waals surface area contributed by atoms with E-state index < -0.39 is 35.8 Å². The van der Waals surface area contributed by atoms with E-state index in [-0.39, 0.29) is 24.9 Å². The zero-order valence-corrected chi connectivity index (χ0v) is 15.4. The van der Waals surface area contributed by atoms with Crippen molar-refractivity contribution in [2.24, 2.45) is 0 Å². The van der Waals surface area contributed by atoms with E-state index in [1.54, 1.807) is 6.07 Å². The highest BCUT2D eigenvalue weighted by molar-refractivity contribution is 6.07. The molecule has 1 saturated heterocycles. The van der Waals surface area contributed by atoms with Crippen molar-refractivity contribution in [1.29, 1.82) is 5.26 Å². The third-order valence-electron chi connectivity index (χ3n) is 6.09. The molecule has 3 amide bonds. The topological polar surface area (TPSA) is 123 Å². The van der Waals surface area contributed by atoms with Crippen LogP contribution in [0.15, 0.2) is 24.3 Å². The molecule has 1 spiro atoms. The number of benzene rings is 1. The van der Waals surface area contributed by atoms with E-state index in [1.807, 2.05) is 18.2 Å². The van der Waals surface area contributed by atoms with Crippen LogP contribution in [0.25, 0.3) is 0 Å². The molecule has 0 aromatic heterocycles. The summed E-state index contributed by atoms with van der Waals surface area (Å²) in [5.41, 5.74) is 0.533. The smallest absolute Gasteiger partial charge is 0.237 e. The van der Waals surface area contributed by atoms with E-state index in [9.17, 15) is 24.8 Å². The number of amides is 3. The summed E-state index contributed by atoms with van der Waals surface area (Å²) < 4.78 is 0. The molecule has 0 unspecified atom stereocenters. The molecule has 8 nitrogen and oxygen atoms in total. The molecular weight excluding hydrogens is 360 g/mol. The van der Waals surface area contributed by atoms with E-state index in [4.69, 9.17) is 0 Å². The molecule has 8 heteroatoms. The van der Waals surface area contributed by atoms with Crippen LogP contribution in [0.2, 0.25) is 0 Å². The van der Waals surface area contributed by atoms with Crippen LogP contribution < -0.4 is 10.6 Å². The van der Waals surface area contributed by atoms with Crippen LogP contribution in [0, 0.1) is 11.3 Å². The van der Waals surface area contributed by atoms with Gasteiger partial charge in [-0.2, -0.15) is 5.26 Å². The first-order valence-corrected chi connectivity index (χ1v) is 9.52. The number of carbonyl (C=O) groups excluding carboxylic acids is 3. The number of hydrogen-bond acceptors (Lipinski definition) is 5. The van der Waals surface area contributed by atoms with Gasteiger partial charge in [0, 0.05) is 18.7 Å². The van der Waals surface area contributed by atoms with Gasteiger partial charge in [0.2, 0.25) is 17.7 Å². The molecule has 28 heavy (non-hydrogen) atoms. The fraction of sp³-hybridized carbons (Fsp3) is 0.500. The van der Waals surface area contributed by atoms with Crippen molar-refractivity contribution in [3.63, 3.8) is 0 Å². The molecule has 1 aromatic rings. The lowest BCUT2D eigenvalue weighted by Crippen LogP contribution is -2.44. The lowest BCUT2D eigenvalue weighted by Gasteiger charge is -2.23. The number of nitriles is 1. The van der Waals surface area contributed by atoms with E-state index in [0.29, 0.717) is 18.5 Å². The predicted molar refractivity (Wildman–Crippen MR) is 98.9 cm³/mol. The largest absolute Gasteiger partial charge is 0.391 e. The highest BCUT2D eigenvalue weighted by Crippen LogP contribution is 2.46. The van der Waals surface area contributed by atoms with Crippen molar-refractivity contribution in [3.8, 4) is 6.07 Å². The number of carbonyl (C=O) groups is 3. The van der Waals surface area contributed by atoms with Crippen molar-refractivity contribution in [3.05, 3.63) is 29.8 Å². The van der Waals surface area contributed by atoms with E-state index in [2.05, 4.69) is 16.7 Å². The van der Waals surface area contributed by atoms with Gasteiger partial charge in [-0.25, -0.2) is 0 Å². The molecule has 4 atom stereocenters. The normalized spacial score (nSPS) is 30.8. The van der Waals surface area contributed by atoms with Gasteiger partial charge < -0.3 is 20.6 Å². The maximum absolute atomic E-state index is 12.8. The zero-order chi connectivity index (χ0) is 19.9. The Bertz CT molecular complexity index is 879. The molecule has 146 valence electrons. The van der Waals surface area contributed by atoms with Gasteiger partial charge in [-0.15, -0.1) is 0 Å². The number of fused-ring (bicyclic) bond motifs is 2. The molecule has 0 bridgehead atoms. The average molecular weight is 382 g/mol. The second-order valence-electron chi connectivity index (χ2n) is 7.80. The molecule has 2 aliphatic heterocycles. The first-order valence-electron chi connectivity index (χ1n) is 9.52. The van der Waals surface area contributed by atoms with E-state index >= 15 is 0 Å². The van der Waals surface area contributed by atoms with Crippen LogP contribution in [0.4, 0.5) is 5.69 Å². The van der Waals surface area contributed by atoms with Crippen LogP contribution in [0.1, 0.15) is 37.7 Å². The number of likely N-dealkylation sites (tertiary alicyclic amines) is 1. The third kappa shape index (κ3) is 2.92. The van der Waals surface area contributed by atoms with Gasteiger partial charge in [-0.05, 0) is 30.9 Å². The Kier molecular flexibility index (Phi) is 4.55. The third-order valence-corrected chi connectivity index (χ3v) is 6.09. The molecule has 1 aromatic carbocycles. The van der Waals surface area contributed by atoms with Crippen molar-refractivity contribution in [2.45, 2.75) is 55.7 Å². The predicted octanol–water partition coefficient (Wildman–Crippen LogP) is 0.421. The average Bonchev–Trinajstić information content (AvgIpc) is 3.33. The number of para-hydroxylation sites is 1. The SMILES string of the molecule is N#C[C@@H]1C[C@@]2(CN1C(=O)CC(=O)N[C@H]1CCC[C@@H]1O)C(=O)Nc1ccccc12. The summed E-state index contributed by atoms with van der Waals surface area (Å²) in [6.45, 7) is 0.0756. The molecule has 1 saturated carbocycles. The minimum atomic E-state index is -0.954. The lowest BCUT2D eigenvalue weighted by atomic mass is 9.80. The van der Waals surface area contributed by atoms with Crippen molar-refractivity contribution in [2.75, 3.05) is 11.9 Å². The molecule has 2 heterocycles. The summed E-state index contributed by atoms with van der Waals surface area (Å²) in [5, 5.41) is 24.9. The molecule has 3 N–H and O–H groups in total. The summed E-state index contributed by atoms with van der Waals surface area (Å²) in [6, 6.07) is 8.29. The first-order chi connectivity index (χ1) is 13.4. The number of anilines is 1. The standard InChI is InChI=1S/C20H22N4O4/c21-10-12-9-20(13-4-1-2-5-14(13)23-19(20)28)11-24(12)18(27)8-17(26)22-15-6-3-7-16(15)25/h1-2,4-5,12,15-16,25H,3,6-9,11H2,(H,22,26)(H,23,28)/t12-,15-,16-,20-/m0/s1. The van der Waals surface area contributed by atoms with Gasteiger partial charge in [0.1, 0.15) is 12.5 Å². The summed E-state index contributed by atoms with van der Waals surface area (Å²) in [7, 11) is 0. The monoisotopic (exact) mass is 382 g/mol. The van der Waals surface area contributed by atoms with Crippen LogP contribution in [-0.4, -0.2) is 52.5 Å². The molecular formula is C20H22N4O4. The van der Waals surface area contributed by atoms with Gasteiger partial charge in [-0.3, -0.25) is 14.4 Å². The van der Waals surface area contributed by atoms with Gasteiger partial charge in [0.25, 0.3) is 0 Å². The number of hydrogen-bond donors (Lipinski definition) is 3. The Morgan fingerprint density at radius 3 is 2.86 bits per heavy atom. The van der Waals surface area contributed by atoms with Gasteiger partial charge in [-0.1, -0.05) is 18.2 Å². The van der Waals surface area contributed by atoms with Crippen molar-refractivity contribution < 1.29 is 19.5 Å². The first kappa shape index (κ1) is 18.4. The molecule has 1 aliphatic carbocycles. The maximum Gasteiger partial charge on any atom is 0.237 e. The van der Waals surface area contributed by atoms with Crippen LogP contribution in [0.3, 0.4) is 0 Å². The van der Waals surface area contributed by atoms with Gasteiger partial charge in [0.05, 0.1) is 23.6 Å². The highest BCUT2D eigenvalue weighted by atomic mass is 16.3. The Morgan fingerprint density at radius 1 is 1.36 bits per heavy atom. The number of rotatable bonds is 3. The zero-order valence-electron chi connectivity index (χ0n) is 15.4. The quantitative estimate of drug-likeness (QED) is 0.654. The minimum absolute atomic E-state index is 0.0756. The summed E-state index contributed by atoms with van der Waals surface area (Å²) in [5.74, 6) is -1.17. The Morgan fingerprint density at radius 2 is 2.14 bits per heavy atom. The number of aliphatic hydroxyl groups excluding tert-OH is 1. The Balaban J connectivity index is 1.49. The van der Waals surface area contributed by atoms with E-state index in [1.165, 1.54) is 4.90 Å². The second-order valence-corrected chi connectivity index (χ2v) is 7.80. The number of aliphatic hydroxyl groups is 1. The van der Waals surface area contributed by atoms with Crippen LogP contribution in [-0.2, 0) is 19.8 Å². The number of nitrogens with zero attached hydrogens (tertiary/aromatic N) is 2. The van der Waals surface area contributed by atoms with Gasteiger partial charge in [0.15, 0.2) is 0 Å². The Labute approximate surface area is 162 Å². The Hall–Kier alpha value is -2.92. The maximum atomic E-state index is 12.8. The lowest BCUT2D eigenvalue weighted by molar-refractivity contribution is -0.136. The van der Waals surface area contributed by atoms with Crippen molar-refractivity contribution >= 4 is 23.4 Å². The summed E-state index contributed by atoms with van der Waals surface area (Å²) >= 11 is 0. The fourth-order valence-electron chi connectivity index (χ4n) is 4.62. The van der Waals surface area contributed by atoms with Gasteiger partial charge >= 0.3 is 0 Å². The van der Waals surface area contributed by atoms with Crippen LogP contribution in [0.5, 0.6) is 0 Å². The van der Waals surface area contributed by atoms with E-state index in [0.717, 1.165) is 12.0 Å². The summed E-state index contributed by atoms with van der Waals surface area (Å²) in [4.78, 5) is 39.1. The molecule has 2 fully saturated rings. The van der Waals surface area contributed by atoms with Crippen LogP contribution >= 0.6 is 0 Å². The molecule has 4 rings (SSSR count). The number of nitrogens with one attached hydrogen (secondary N) is 2. The molecule has 0 radical (unpaired) electrons. The highest BCUT2D eigenvalue weighted by Gasteiger charge is 2.55. The van der Waals surface area contributed by atoms with Crippen molar-refractivity contribution in [1.82, 2.24) is 10.2 Å². The summed E-state index contributed by atoms with van der Waals surface area (Å²) in [6.07, 6.45) is 1.38. The molecule has 3 aliphatic rings. The minimum Gasteiger partial charge on any atom is -0.391 e.